The van der Waals surface area contributed by atoms with E-state index in [0.717, 1.165) is 21.1 Å². The Balaban J connectivity index is 1.60. The van der Waals surface area contributed by atoms with Crippen LogP contribution in [0.15, 0.2) is 24.5 Å². The van der Waals surface area contributed by atoms with Crippen molar-refractivity contribution >= 4 is 17.4 Å². The van der Waals surface area contributed by atoms with Crippen LogP contribution in [0.2, 0.25) is 0 Å². The number of H-pyrrole nitrogens is 1. The second-order valence-corrected chi connectivity index (χ2v) is 7.37. The van der Waals surface area contributed by atoms with Gasteiger partial charge in [-0.2, -0.15) is 5.10 Å². The molecule has 2 amide bonds. The number of nitrogens with one attached hydrogen (secondary N) is 2. The summed E-state index contributed by atoms with van der Waals surface area (Å²) in [5.41, 5.74) is 1.80. The highest BCUT2D eigenvalue weighted by atomic mass is 32.1. The van der Waals surface area contributed by atoms with E-state index in [-0.39, 0.29) is 18.6 Å². The lowest BCUT2D eigenvalue weighted by molar-refractivity contribution is 0.192. The molecule has 3 aromatic rings. The third kappa shape index (κ3) is 3.88. The summed E-state index contributed by atoms with van der Waals surface area (Å²) in [6.07, 6.45) is 3.37. The summed E-state index contributed by atoms with van der Waals surface area (Å²) in [5.74, 6) is 1.17. The third-order valence-electron chi connectivity index (χ3n) is 4.11. The smallest absolute Gasteiger partial charge is 0.318 e. The lowest BCUT2D eigenvalue weighted by Crippen LogP contribution is -2.38. The number of urea groups is 1. The molecule has 9 heteroatoms. The average Bonchev–Trinajstić information content (AvgIpc) is 3.25. The molecule has 0 spiro atoms. The first-order chi connectivity index (χ1) is 12.5. The quantitative estimate of drug-likeness (QED) is 0.718. The molecule has 3 heterocycles. The van der Waals surface area contributed by atoms with Crippen LogP contribution in [0.25, 0.3) is 11.4 Å². The van der Waals surface area contributed by atoms with Gasteiger partial charge in [-0.3, -0.25) is 10.1 Å². The molecular weight excluding hydrogens is 350 g/mol. The van der Waals surface area contributed by atoms with Crippen LogP contribution >= 0.6 is 11.3 Å². The normalized spacial score (nSPS) is 12.0. The fourth-order valence-corrected chi connectivity index (χ4v) is 3.49. The van der Waals surface area contributed by atoms with Crippen molar-refractivity contribution in [2.75, 3.05) is 7.05 Å². The van der Waals surface area contributed by atoms with E-state index in [1.54, 1.807) is 35.7 Å². The van der Waals surface area contributed by atoms with Crippen LogP contribution in [0.4, 0.5) is 4.79 Å². The number of thiazole rings is 1. The van der Waals surface area contributed by atoms with Gasteiger partial charge < -0.3 is 10.2 Å². The monoisotopic (exact) mass is 371 g/mol. The summed E-state index contributed by atoms with van der Waals surface area (Å²) in [6.45, 7) is 6.23. The molecule has 0 saturated heterocycles. The zero-order valence-corrected chi connectivity index (χ0v) is 16.0. The maximum Gasteiger partial charge on any atom is 0.318 e. The minimum atomic E-state index is -0.190. The van der Waals surface area contributed by atoms with Crippen molar-refractivity contribution in [2.24, 2.45) is 0 Å². The van der Waals surface area contributed by atoms with Gasteiger partial charge >= 0.3 is 6.03 Å². The number of carbonyl (C=O) groups excluding carboxylic acids is 1. The zero-order valence-electron chi connectivity index (χ0n) is 15.1. The molecule has 0 unspecified atom stereocenters. The Morgan fingerprint density at radius 1 is 1.31 bits per heavy atom. The Hall–Kier alpha value is -2.81. The number of rotatable bonds is 5. The van der Waals surface area contributed by atoms with Gasteiger partial charge in [0.25, 0.3) is 0 Å². The fourth-order valence-electron chi connectivity index (χ4n) is 2.58. The zero-order chi connectivity index (χ0) is 18.7. The van der Waals surface area contributed by atoms with Crippen molar-refractivity contribution < 1.29 is 4.79 Å². The second kappa shape index (κ2) is 7.61. The maximum absolute atomic E-state index is 12.4. The van der Waals surface area contributed by atoms with Gasteiger partial charge in [-0.15, -0.1) is 11.3 Å². The lowest BCUT2D eigenvalue weighted by atomic mass is 10.2. The number of amides is 2. The van der Waals surface area contributed by atoms with Gasteiger partial charge in [0.2, 0.25) is 0 Å². The van der Waals surface area contributed by atoms with Gasteiger partial charge in [0, 0.05) is 29.9 Å². The van der Waals surface area contributed by atoms with Crippen LogP contribution in [0.1, 0.15) is 34.4 Å². The lowest BCUT2D eigenvalue weighted by Gasteiger charge is -2.24. The van der Waals surface area contributed by atoms with E-state index in [1.165, 1.54) is 0 Å². The second-order valence-electron chi connectivity index (χ2n) is 5.96. The highest BCUT2D eigenvalue weighted by Crippen LogP contribution is 2.25. The van der Waals surface area contributed by atoms with Crippen LogP contribution in [0.3, 0.4) is 0 Å². The van der Waals surface area contributed by atoms with Crippen molar-refractivity contribution in [2.45, 2.75) is 33.4 Å². The van der Waals surface area contributed by atoms with E-state index in [9.17, 15) is 4.79 Å². The summed E-state index contributed by atoms with van der Waals surface area (Å²) < 4.78 is 0. The molecule has 0 aliphatic carbocycles. The van der Waals surface area contributed by atoms with E-state index in [4.69, 9.17) is 0 Å². The van der Waals surface area contributed by atoms with Crippen LogP contribution < -0.4 is 5.32 Å². The summed E-state index contributed by atoms with van der Waals surface area (Å²) in [5, 5.41) is 10.9. The molecule has 0 fully saturated rings. The minimum absolute atomic E-state index is 0.109. The molecule has 0 aliphatic rings. The van der Waals surface area contributed by atoms with Gasteiger partial charge in [-0.05, 0) is 32.9 Å². The number of nitrogens with zero attached hydrogens (tertiary/aromatic N) is 5. The minimum Gasteiger partial charge on any atom is -0.331 e. The Labute approximate surface area is 155 Å². The number of hydrogen-bond donors (Lipinski definition) is 2. The molecule has 0 saturated carbocycles. The number of pyridine rings is 1. The van der Waals surface area contributed by atoms with E-state index >= 15 is 0 Å². The van der Waals surface area contributed by atoms with Crippen LogP contribution in [0.5, 0.6) is 0 Å². The Kier molecular flexibility index (Phi) is 5.27. The molecule has 8 nitrogen and oxygen atoms in total. The van der Waals surface area contributed by atoms with Crippen molar-refractivity contribution in [3.8, 4) is 11.4 Å². The Morgan fingerprint density at radius 2 is 2.04 bits per heavy atom. The molecule has 0 aromatic carbocycles. The summed E-state index contributed by atoms with van der Waals surface area (Å²) in [6, 6.07) is 3.37. The summed E-state index contributed by atoms with van der Waals surface area (Å²) >= 11 is 1.64. The number of hydrogen-bond acceptors (Lipinski definition) is 6. The first-order valence-corrected chi connectivity index (χ1v) is 9.03. The van der Waals surface area contributed by atoms with Crippen LogP contribution in [0, 0.1) is 13.8 Å². The van der Waals surface area contributed by atoms with E-state index < -0.39 is 0 Å². The third-order valence-corrected chi connectivity index (χ3v) is 5.02. The number of aryl methyl sites for hydroxylation is 2. The molecule has 3 aromatic heterocycles. The topological polar surface area (TPSA) is 99.7 Å². The standard InChI is InChI=1S/C17H21N7OS/c1-10(15-11(2)26-12(3)20-15)24(4)17(25)19-9-14-21-16(23-22-14)13-5-7-18-8-6-13/h5-8,10H,9H2,1-4H3,(H,19,25)(H,21,22,23)/t10-/m1/s1. The molecule has 0 bridgehead atoms. The summed E-state index contributed by atoms with van der Waals surface area (Å²) in [4.78, 5) is 28.1. The van der Waals surface area contributed by atoms with Gasteiger partial charge in [0.15, 0.2) is 5.82 Å². The fraction of sp³-hybridized carbons (Fsp3) is 0.353. The molecule has 26 heavy (non-hydrogen) atoms. The molecule has 0 radical (unpaired) electrons. The van der Waals surface area contributed by atoms with Crippen LogP contribution in [-0.2, 0) is 6.54 Å². The Bertz CT molecular complexity index is 890. The van der Waals surface area contributed by atoms with Gasteiger partial charge in [0.05, 0.1) is 23.3 Å². The van der Waals surface area contributed by atoms with E-state index in [1.807, 2.05) is 32.9 Å². The average molecular weight is 371 g/mol. The van der Waals surface area contributed by atoms with Crippen molar-refractivity contribution in [3.05, 3.63) is 45.9 Å². The number of aromatic nitrogens is 5. The molecule has 3 rings (SSSR count). The SMILES string of the molecule is Cc1nc([C@@H](C)N(C)C(=O)NCc2nc(-c3ccncc3)n[nH]2)c(C)s1. The molecule has 1 atom stereocenters. The highest BCUT2D eigenvalue weighted by Gasteiger charge is 2.21. The van der Waals surface area contributed by atoms with Crippen molar-refractivity contribution in [1.82, 2.24) is 35.4 Å². The predicted molar refractivity (Wildman–Crippen MR) is 99.6 cm³/mol. The first kappa shape index (κ1) is 18.0. The molecule has 136 valence electrons. The maximum atomic E-state index is 12.4. The van der Waals surface area contributed by atoms with E-state index in [2.05, 4.69) is 30.5 Å². The van der Waals surface area contributed by atoms with Crippen LogP contribution in [-0.4, -0.2) is 43.1 Å². The predicted octanol–water partition coefficient (Wildman–Crippen LogP) is 2.84. The number of carbonyl (C=O) groups is 1. The highest BCUT2D eigenvalue weighted by molar-refractivity contribution is 7.11. The van der Waals surface area contributed by atoms with Gasteiger partial charge in [-0.1, -0.05) is 0 Å². The number of aromatic amines is 1. The molecular formula is C17H21N7OS. The van der Waals surface area contributed by atoms with Gasteiger partial charge in [0.1, 0.15) is 5.82 Å². The van der Waals surface area contributed by atoms with Crippen molar-refractivity contribution in [3.63, 3.8) is 0 Å². The molecule has 2 N–H and O–H groups in total. The summed E-state index contributed by atoms with van der Waals surface area (Å²) in [7, 11) is 1.76. The first-order valence-electron chi connectivity index (χ1n) is 8.22. The largest absolute Gasteiger partial charge is 0.331 e. The van der Waals surface area contributed by atoms with E-state index in [0.29, 0.717) is 11.6 Å². The van der Waals surface area contributed by atoms with Gasteiger partial charge in [-0.25, -0.2) is 14.8 Å². The van der Waals surface area contributed by atoms with Crippen molar-refractivity contribution in [1.29, 1.82) is 0 Å². The molecule has 0 aliphatic heterocycles. The Morgan fingerprint density at radius 3 is 2.69 bits per heavy atom.